The third-order valence-corrected chi connectivity index (χ3v) is 1.99. The summed E-state index contributed by atoms with van der Waals surface area (Å²) in [5.41, 5.74) is 0.818. The lowest BCUT2D eigenvalue weighted by atomic mass is 10.1. The monoisotopic (exact) mass is 204 g/mol. The van der Waals surface area contributed by atoms with Gasteiger partial charge in [0.15, 0.2) is 0 Å². The lowest BCUT2D eigenvalue weighted by Gasteiger charge is -1.96. The Balaban J connectivity index is 2.62. The van der Waals surface area contributed by atoms with E-state index >= 15 is 0 Å². The Hall–Kier alpha value is -2.17. The number of hydrogen-bond donors (Lipinski definition) is 0. The molecule has 0 radical (unpaired) electrons. The van der Waals surface area contributed by atoms with E-state index in [-0.39, 0.29) is 22.1 Å². The third-order valence-electron chi connectivity index (χ3n) is 1.99. The standard InChI is InChI=1S/C10H8N2O3/c1-7(13)9-10(12(14)15-11-9)8-5-3-2-4-6-8/h2-6H,1H3. The van der Waals surface area contributed by atoms with E-state index in [0.717, 1.165) is 0 Å². The van der Waals surface area contributed by atoms with Crippen LogP contribution in [0, 0.1) is 5.21 Å². The molecule has 0 spiro atoms. The first-order valence-corrected chi connectivity index (χ1v) is 4.36. The highest BCUT2D eigenvalue weighted by molar-refractivity contribution is 5.96. The number of aromatic nitrogens is 2. The smallest absolute Gasteiger partial charge is 0.291 e. The molecule has 0 aliphatic carbocycles. The van der Waals surface area contributed by atoms with Crippen molar-refractivity contribution in [1.82, 2.24) is 5.16 Å². The van der Waals surface area contributed by atoms with Gasteiger partial charge in [-0.25, -0.2) is 0 Å². The van der Waals surface area contributed by atoms with E-state index in [1.807, 2.05) is 6.07 Å². The van der Waals surface area contributed by atoms with Crippen LogP contribution in [0.1, 0.15) is 17.4 Å². The summed E-state index contributed by atoms with van der Waals surface area (Å²) in [6, 6.07) is 8.79. The van der Waals surface area contributed by atoms with E-state index < -0.39 is 0 Å². The second-order valence-electron chi connectivity index (χ2n) is 3.05. The van der Waals surface area contributed by atoms with Gasteiger partial charge in [0, 0.05) is 12.5 Å². The van der Waals surface area contributed by atoms with Crippen LogP contribution in [0.15, 0.2) is 35.0 Å². The van der Waals surface area contributed by atoms with Gasteiger partial charge in [-0.3, -0.25) is 9.42 Å². The number of carbonyl (C=O) groups excluding carboxylic acids is 1. The van der Waals surface area contributed by atoms with Gasteiger partial charge in [-0.15, -0.1) is 0 Å². The summed E-state index contributed by atoms with van der Waals surface area (Å²) in [5, 5.41) is 14.7. The van der Waals surface area contributed by atoms with E-state index in [4.69, 9.17) is 0 Å². The van der Waals surface area contributed by atoms with E-state index in [1.54, 1.807) is 24.3 Å². The number of benzene rings is 1. The molecule has 0 saturated carbocycles. The fourth-order valence-corrected chi connectivity index (χ4v) is 1.32. The van der Waals surface area contributed by atoms with Crippen LogP contribution in [-0.2, 0) is 0 Å². The molecule has 0 amide bonds. The largest absolute Gasteiger partial charge is 0.359 e. The lowest BCUT2D eigenvalue weighted by Crippen LogP contribution is -2.25. The highest BCUT2D eigenvalue weighted by Gasteiger charge is 2.24. The maximum Gasteiger partial charge on any atom is 0.291 e. The molecule has 1 aromatic heterocycles. The van der Waals surface area contributed by atoms with Gasteiger partial charge in [0.1, 0.15) is 0 Å². The van der Waals surface area contributed by atoms with Crippen molar-refractivity contribution in [1.29, 1.82) is 0 Å². The van der Waals surface area contributed by atoms with E-state index in [2.05, 4.69) is 9.79 Å². The fraction of sp³-hybridized carbons (Fsp3) is 0.100. The topological polar surface area (TPSA) is 70.0 Å². The third kappa shape index (κ3) is 1.59. The molecule has 2 rings (SSSR count). The number of nitrogens with zero attached hydrogens (tertiary/aromatic N) is 2. The molecule has 76 valence electrons. The van der Waals surface area contributed by atoms with Crippen molar-refractivity contribution >= 4 is 5.78 Å². The highest BCUT2D eigenvalue weighted by Crippen LogP contribution is 2.18. The Labute approximate surface area is 85.5 Å². The highest BCUT2D eigenvalue weighted by atomic mass is 16.8. The second-order valence-corrected chi connectivity index (χ2v) is 3.05. The lowest BCUT2D eigenvalue weighted by molar-refractivity contribution is -0.793. The van der Waals surface area contributed by atoms with Gasteiger partial charge in [0.05, 0.1) is 5.16 Å². The molecule has 0 aliphatic rings. The fourth-order valence-electron chi connectivity index (χ4n) is 1.32. The molecular formula is C10H8N2O3. The van der Waals surface area contributed by atoms with E-state index in [1.165, 1.54) is 6.92 Å². The summed E-state index contributed by atoms with van der Waals surface area (Å²) in [7, 11) is 0. The van der Waals surface area contributed by atoms with Crippen molar-refractivity contribution in [3.63, 3.8) is 0 Å². The van der Waals surface area contributed by atoms with Crippen LogP contribution < -0.4 is 4.90 Å². The van der Waals surface area contributed by atoms with Crippen LogP contribution in [0.4, 0.5) is 0 Å². The van der Waals surface area contributed by atoms with E-state index in [9.17, 15) is 10.0 Å². The van der Waals surface area contributed by atoms with Gasteiger partial charge in [-0.2, -0.15) is 0 Å². The molecule has 15 heavy (non-hydrogen) atoms. The van der Waals surface area contributed by atoms with Crippen molar-refractivity contribution in [3.8, 4) is 11.3 Å². The summed E-state index contributed by atoms with van der Waals surface area (Å²) >= 11 is 0. The maximum atomic E-state index is 11.3. The zero-order valence-corrected chi connectivity index (χ0v) is 8.01. The molecule has 0 bridgehead atoms. The summed E-state index contributed by atoms with van der Waals surface area (Å²) in [4.78, 5) is 11.4. The minimum Gasteiger partial charge on any atom is -0.359 e. The Bertz CT molecular complexity index is 491. The Morgan fingerprint density at radius 3 is 2.67 bits per heavy atom. The van der Waals surface area contributed by atoms with Crippen LogP contribution in [-0.4, -0.2) is 10.9 Å². The van der Waals surface area contributed by atoms with Crippen molar-refractivity contribution in [2.75, 3.05) is 0 Å². The summed E-state index contributed by atoms with van der Waals surface area (Å²) in [6.45, 7) is 1.34. The predicted octanol–water partition coefficient (Wildman–Crippen LogP) is 1.18. The van der Waals surface area contributed by atoms with Gasteiger partial charge in [0.25, 0.3) is 5.69 Å². The molecule has 0 unspecified atom stereocenters. The van der Waals surface area contributed by atoms with Crippen molar-refractivity contribution in [3.05, 3.63) is 41.2 Å². The molecule has 5 nitrogen and oxygen atoms in total. The number of hydrogen-bond acceptors (Lipinski definition) is 4. The van der Waals surface area contributed by atoms with Crippen LogP contribution in [0.5, 0.6) is 0 Å². The summed E-state index contributed by atoms with van der Waals surface area (Å²) in [6.07, 6.45) is 0. The van der Waals surface area contributed by atoms with Gasteiger partial charge < -0.3 is 5.21 Å². The number of carbonyl (C=O) groups is 1. The van der Waals surface area contributed by atoms with Crippen molar-refractivity contribution in [2.45, 2.75) is 6.92 Å². The number of ketones is 1. The summed E-state index contributed by atoms with van der Waals surface area (Å²) in [5.74, 6) is -0.299. The first-order chi connectivity index (χ1) is 7.20. The number of rotatable bonds is 2. The zero-order valence-electron chi connectivity index (χ0n) is 8.01. The zero-order chi connectivity index (χ0) is 10.8. The molecule has 5 heteroatoms. The maximum absolute atomic E-state index is 11.3. The minimum atomic E-state index is -0.299. The first-order valence-electron chi connectivity index (χ1n) is 4.36. The molecule has 2 aromatic rings. The first kappa shape index (κ1) is 9.39. The van der Waals surface area contributed by atoms with Crippen molar-refractivity contribution < 1.29 is 14.3 Å². The predicted molar refractivity (Wildman–Crippen MR) is 50.9 cm³/mol. The molecular weight excluding hydrogens is 196 g/mol. The van der Waals surface area contributed by atoms with Crippen LogP contribution in [0.2, 0.25) is 0 Å². The second kappa shape index (κ2) is 3.53. The van der Waals surface area contributed by atoms with Gasteiger partial charge in [0.2, 0.25) is 11.5 Å². The van der Waals surface area contributed by atoms with Crippen molar-refractivity contribution in [2.24, 2.45) is 0 Å². The average molecular weight is 204 g/mol. The Morgan fingerprint density at radius 2 is 2.07 bits per heavy atom. The normalized spacial score (nSPS) is 10.2. The van der Waals surface area contributed by atoms with Gasteiger partial charge in [-0.05, 0) is 4.90 Å². The van der Waals surface area contributed by atoms with Crippen LogP contribution in [0.25, 0.3) is 11.3 Å². The molecule has 1 aromatic carbocycles. The van der Waals surface area contributed by atoms with Gasteiger partial charge in [-0.1, -0.05) is 30.3 Å². The molecule has 0 atom stereocenters. The van der Waals surface area contributed by atoms with Crippen LogP contribution in [0.3, 0.4) is 0 Å². The quantitative estimate of drug-likeness (QED) is 0.544. The molecule has 0 aliphatic heterocycles. The molecule has 0 N–H and O–H groups in total. The minimum absolute atomic E-state index is 0.0520. The molecule has 0 fully saturated rings. The molecule has 1 heterocycles. The SMILES string of the molecule is CC(=O)c1no[n+]([O-])c1-c1ccccc1. The van der Waals surface area contributed by atoms with Crippen LogP contribution >= 0.6 is 0 Å². The molecule has 0 saturated heterocycles. The Kier molecular flexibility index (Phi) is 2.21. The van der Waals surface area contributed by atoms with Gasteiger partial charge >= 0.3 is 0 Å². The average Bonchev–Trinajstić information content (AvgIpc) is 2.61. The Morgan fingerprint density at radius 1 is 1.40 bits per heavy atom. The summed E-state index contributed by atoms with van der Waals surface area (Å²) < 4.78 is 4.40. The number of Topliss-reactive ketones (excluding diaryl/α,β-unsaturated/α-hetero) is 1. The van der Waals surface area contributed by atoms with E-state index in [0.29, 0.717) is 5.56 Å².